The van der Waals surface area contributed by atoms with Gasteiger partial charge in [0.15, 0.2) is 5.11 Å². The molecule has 0 aliphatic carbocycles. The van der Waals surface area contributed by atoms with Crippen LogP contribution in [0.15, 0.2) is 30.3 Å². The molecular weight excluding hydrogens is 346 g/mol. The molecule has 1 rings (SSSR count). The number of primary amides is 1. The molecule has 0 aliphatic heterocycles. The zero-order chi connectivity index (χ0) is 19.2. The zero-order valence-corrected chi connectivity index (χ0v) is 16.5. The third kappa shape index (κ3) is 10.1. The second-order valence-electron chi connectivity index (χ2n) is 6.46. The number of amides is 2. The molecular formula is C20H31N3O2S. The summed E-state index contributed by atoms with van der Waals surface area (Å²) < 4.78 is 0. The van der Waals surface area contributed by atoms with Crippen LogP contribution < -0.4 is 11.1 Å². The molecule has 0 aromatic heterocycles. The van der Waals surface area contributed by atoms with Crippen molar-refractivity contribution in [3.8, 4) is 0 Å². The second kappa shape index (κ2) is 13.3. The molecule has 0 unspecified atom stereocenters. The highest BCUT2D eigenvalue weighted by molar-refractivity contribution is 7.80. The monoisotopic (exact) mass is 377 g/mol. The van der Waals surface area contributed by atoms with Gasteiger partial charge in [-0.3, -0.25) is 9.59 Å². The molecule has 144 valence electrons. The van der Waals surface area contributed by atoms with Crippen LogP contribution in [0.3, 0.4) is 0 Å². The summed E-state index contributed by atoms with van der Waals surface area (Å²) in [6.45, 7) is 3.21. The zero-order valence-electron chi connectivity index (χ0n) is 15.7. The number of carbonyl (C=O) groups excluding carboxylic acids is 2. The van der Waals surface area contributed by atoms with Crippen molar-refractivity contribution in [1.29, 1.82) is 0 Å². The summed E-state index contributed by atoms with van der Waals surface area (Å²) in [6.07, 6.45) is 6.97. The Morgan fingerprint density at radius 1 is 1.04 bits per heavy atom. The van der Waals surface area contributed by atoms with Crippen LogP contribution in [-0.2, 0) is 16.0 Å². The number of unbranched alkanes of at least 4 members (excludes halogenated alkanes) is 4. The van der Waals surface area contributed by atoms with Crippen molar-refractivity contribution in [3.05, 3.63) is 35.9 Å². The number of hydrogen-bond donors (Lipinski definition) is 2. The largest absolute Gasteiger partial charge is 0.370 e. The molecule has 0 radical (unpaired) electrons. The molecule has 0 aliphatic rings. The number of hydrogen-bond acceptors (Lipinski definition) is 3. The van der Waals surface area contributed by atoms with Gasteiger partial charge >= 0.3 is 0 Å². The van der Waals surface area contributed by atoms with Gasteiger partial charge in [-0.25, -0.2) is 0 Å². The maximum atomic E-state index is 12.1. The maximum Gasteiger partial charge on any atom is 0.226 e. The van der Waals surface area contributed by atoms with E-state index in [0.717, 1.165) is 25.7 Å². The van der Waals surface area contributed by atoms with E-state index in [1.165, 1.54) is 18.4 Å². The second-order valence-corrected chi connectivity index (χ2v) is 6.84. The van der Waals surface area contributed by atoms with Gasteiger partial charge in [0, 0.05) is 25.9 Å². The van der Waals surface area contributed by atoms with Crippen molar-refractivity contribution < 1.29 is 9.59 Å². The molecule has 0 atom stereocenters. The van der Waals surface area contributed by atoms with Gasteiger partial charge in [0.25, 0.3) is 0 Å². The first-order valence-corrected chi connectivity index (χ1v) is 9.84. The van der Waals surface area contributed by atoms with E-state index in [1.54, 1.807) is 0 Å². The normalized spacial score (nSPS) is 10.3. The Bertz CT molecular complexity index is 563. The average molecular weight is 378 g/mol. The Balaban J connectivity index is 2.46. The molecule has 0 fully saturated rings. The molecule has 0 spiro atoms. The van der Waals surface area contributed by atoms with Crippen LogP contribution in [0.1, 0.15) is 57.4 Å². The van der Waals surface area contributed by atoms with Crippen LogP contribution in [0.25, 0.3) is 0 Å². The number of carbonyl (C=O) groups is 2. The van der Waals surface area contributed by atoms with Crippen LogP contribution in [0.4, 0.5) is 0 Å². The maximum absolute atomic E-state index is 12.1. The van der Waals surface area contributed by atoms with E-state index in [1.807, 2.05) is 35.2 Å². The summed E-state index contributed by atoms with van der Waals surface area (Å²) >= 11 is 5.38. The average Bonchev–Trinajstić information content (AvgIpc) is 2.62. The predicted octanol–water partition coefficient (Wildman–Crippen LogP) is 3.17. The number of nitrogens with one attached hydrogen (secondary N) is 1. The predicted molar refractivity (Wildman–Crippen MR) is 110 cm³/mol. The first-order chi connectivity index (χ1) is 12.5. The molecule has 0 bridgehead atoms. The molecule has 0 heterocycles. The van der Waals surface area contributed by atoms with Gasteiger partial charge in [0.2, 0.25) is 11.8 Å². The quantitative estimate of drug-likeness (QED) is 0.433. The summed E-state index contributed by atoms with van der Waals surface area (Å²) in [5, 5.41) is 3.17. The number of nitrogens with zero attached hydrogens (tertiary/aromatic N) is 1. The highest BCUT2D eigenvalue weighted by Crippen LogP contribution is 2.06. The van der Waals surface area contributed by atoms with Crippen molar-refractivity contribution in [2.75, 3.05) is 13.1 Å². The van der Waals surface area contributed by atoms with Crippen LogP contribution in [0.2, 0.25) is 0 Å². The molecule has 6 heteroatoms. The number of rotatable bonds is 12. The lowest BCUT2D eigenvalue weighted by molar-refractivity contribution is -0.120. The SMILES string of the molecule is CCCCCCCC(=O)NC(=S)N(CCC(N)=O)CCc1ccccc1. The van der Waals surface area contributed by atoms with Gasteiger partial charge in [-0.15, -0.1) is 0 Å². The smallest absolute Gasteiger partial charge is 0.226 e. The summed E-state index contributed by atoms with van der Waals surface area (Å²) in [4.78, 5) is 25.1. The minimum absolute atomic E-state index is 0.0599. The molecule has 3 N–H and O–H groups in total. The lowest BCUT2D eigenvalue weighted by Crippen LogP contribution is -2.44. The molecule has 5 nitrogen and oxygen atoms in total. The molecule has 2 amide bonds. The number of nitrogens with two attached hydrogens (primary N) is 1. The molecule has 1 aromatic carbocycles. The fourth-order valence-electron chi connectivity index (χ4n) is 2.62. The van der Waals surface area contributed by atoms with Crippen molar-refractivity contribution in [2.45, 2.75) is 58.3 Å². The van der Waals surface area contributed by atoms with Gasteiger partial charge in [-0.2, -0.15) is 0 Å². The van der Waals surface area contributed by atoms with E-state index >= 15 is 0 Å². The molecule has 0 saturated carbocycles. The van der Waals surface area contributed by atoms with Crippen LogP contribution in [-0.4, -0.2) is 34.9 Å². The van der Waals surface area contributed by atoms with E-state index in [9.17, 15) is 9.59 Å². The van der Waals surface area contributed by atoms with Crippen molar-refractivity contribution in [1.82, 2.24) is 10.2 Å². The Labute approximate surface area is 162 Å². The fourth-order valence-corrected chi connectivity index (χ4v) is 2.92. The fraction of sp³-hybridized carbons (Fsp3) is 0.550. The van der Waals surface area contributed by atoms with E-state index in [2.05, 4.69) is 12.2 Å². The topological polar surface area (TPSA) is 75.4 Å². The van der Waals surface area contributed by atoms with Gasteiger partial charge < -0.3 is 16.0 Å². The number of benzene rings is 1. The van der Waals surface area contributed by atoms with Crippen LogP contribution >= 0.6 is 12.2 Å². The summed E-state index contributed by atoms with van der Waals surface area (Å²) in [5.74, 6) is -0.435. The van der Waals surface area contributed by atoms with Crippen LogP contribution in [0, 0.1) is 0 Å². The molecule has 0 saturated heterocycles. The summed E-state index contributed by atoms with van der Waals surface area (Å²) in [5.41, 5.74) is 6.44. The first kappa shape index (κ1) is 22.1. The summed E-state index contributed by atoms with van der Waals surface area (Å²) in [6, 6.07) is 10.0. The lowest BCUT2D eigenvalue weighted by atomic mass is 10.1. The Morgan fingerprint density at radius 2 is 1.73 bits per heavy atom. The van der Waals surface area contributed by atoms with E-state index < -0.39 is 0 Å². The Hall–Kier alpha value is -1.95. The molecule has 1 aromatic rings. The van der Waals surface area contributed by atoms with E-state index in [4.69, 9.17) is 18.0 Å². The number of thiocarbonyl (C=S) groups is 1. The summed E-state index contributed by atoms with van der Waals surface area (Å²) in [7, 11) is 0. The Kier molecular flexibility index (Phi) is 11.3. The van der Waals surface area contributed by atoms with Gasteiger partial charge in [0.05, 0.1) is 0 Å². The van der Waals surface area contributed by atoms with E-state index in [-0.39, 0.29) is 18.2 Å². The van der Waals surface area contributed by atoms with Crippen molar-refractivity contribution >= 4 is 29.1 Å². The van der Waals surface area contributed by atoms with Crippen molar-refractivity contribution in [3.63, 3.8) is 0 Å². The first-order valence-electron chi connectivity index (χ1n) is 9.44. The highest BCUT2D eigenvalue weighted by Gasteiger charge is 2.13. The van der Waals surface area contributed by atoms with Gasteiger partial charge in [-0.05, 0) is 30.6 Å². The third-order valence-corrected chi connectivity index (χ3v) is 4.54. The van der Waals surface area contributed by atoms with E-state index in [0.29, 0.717) is 24.6 Å². The van der Waals surface area contributed by atoms with Crippen LogP contribution in [0.5, 0.6) is 0 Å². The van der Waals surface area contributed by atoms with Crippen molar-refractivity contribution in [2.24, 2.45) is 5.73 Å². The Morgan fingerprint density at radius 3 is 2.38 bits per heavy atom. The minimum Gasteiger partial charge on any atom is -0.370 e. The minimum atomic E-state index is -0.375. The standard InChI is InChI=1S/C20H31N3O2S/c1-2-3-4-5-9-12-19(25)22-20(26)23(16-14-18(21)24)15-13-17-10-7-6-8-11-17/h6-8,10-11H,2-5,9,12-16H2,1H3,(H2,21,24)(H,22,25,26). The van der Waals surface area contributed by atoms with Gasteiger partial charge in [0.1, 0.15) is 0 Å². The van der Waals surface area contributed by atoms with Gasteiger partial charge in [-0.1, -0.05) is 62.9 Å². The highest BCUT2D eigenvalue weighted by atomic mass is 32.1. The lowest BCUT2D eigenvalue weighted by Gasteiger charge is -2.25. The molecule has 26 heavy (non-hydrogen) atoms. The third-order valence-electron chi connectivity index (χ3n) is 4.18.